The quantitative estimate of drug-likeness (QED) is 0.472. The van der Waals surface area contributed by atoms with Crippen molar-refractivity contribution in [1.29, 1.82) is 0 Å². The van der Waals surface area contributed by atoms with Crippen molar-refractivity contribution >= 4 is 6.21 Å². The predicted molar refractivity (Wildman–Crippen MR) is 44.6 cm³/mol. The molecule has 1 N–H and O–H groups in total. The number of hydrogen-bond donors (Lipinski definition) is 1. The maximum absolute atomic E-state index is 8.43. The van der Waals surface area contributed by atoms with Crippen molar-refractivity contribution in [1.82, 2.24) is 0 Å². The van der Waals surface area contributed by atoms with Gasteiger partial charge in [-0.2, -0.15) is 0 Å². The molecule has 0 aromatic carbocycles. The number of aliphatic hydroxyl groups excluding tert-OH is 1. The smallest absolute Gasteiger partial charge is 0.0520 e. The molecule has 0 amide bonds. The van der Waals surface area contributed by atoms with Gasteiger partial charge in [0.2, 0.25) is 0 Å². The second-order valence-corrected chi connectivity index (χ2v) is 3.35. The monoisotopic (exact) mass is 143 g/mol. The van der Waals surface area contributed by atoms with Crippen LogP contribution in [0.3, 0.4) is 0 Å². The summed E-state index contributed by atoms with van der Waals surface area (Å²) >= 11 is 0. The molecule has 0 spiro atoms. The van der Waals surface area contributed by atoms with Crippen molar-refractivity contribution in [2.45, 2.75) is 39.2 Å². The minimum absolute atomic E-state index is 0.0372. The van der Waals surface area contributed by atoms with Crippen LogP contribution in [0.25, 0.3) is 0 Å². The van der Waals surface area contributed by atoms with E-state index in [1.165, 1.54) is 0 Å². The van der Waals surface area contributed by atoms with E-state index in [1.54, 1.807) is 0 Å². The molecule has 60 valence electrons. The van der Waals surface area contributed by atoms with Crippen LogP contribution in [0.5, 0.6) is 0 Å². The summed E-state index contributed by atoms with van der Waals surface area (Å²) in [7, 11) is 0. The Balaban J connectivity index is 3.37. The molecule has 0 rings (SSSR count). The lowest BCUT2D eigenvalue weighted by Gasteiger charge is -2.10. The molecule has 0 aliphatic heterocycles. The molecule has 2 nitrogen and oxygen atoms in total. The first-order valence-corrected chi connectivity index (χ1v) is 3.71. The molecule has 0 saturated heterocycles. The molecule has 0 heterocycles. The lowest BCUT2D eigenvalue weighted by molar-refractivity contribution is 0.291. The third-order valence-electron chi connectivity index (χ3n) is 0.970. The molecule has 0 atom stereocenters. The highest BCUT2D eigenvalue weighted by molar-refractivity contribution is 5.57. The third-order valence-corrected chi connectivity index (χ3v) is 0.970. The Morgan fingerprint density at radius 3 is 2.40 bits per heavy atom. The number of unbranched alkanes of at least 4 members (excludes halogenated alkanes) is 1. The van der Waals surface area contributed by atoms with Crippen LogP contribution in [-0.4, -0.2) is 23.5 Å². The summed E-state index contributed by atoms with van der Waals surface area (Å²) in [5.41, 5.74) is 0.0372. The fourth-order valence-electron chi connectivity index (χ4n) is 0.521. The number of aliphatic imine (C=N–C) groups is 1. The van der Waals surface area contributed by atoms with Crippen LogP contribution in [-0.2, 0) is 0 Å². The van der Waals surface area contributed by atoms with E-state index in [2.05, 4.69) is 25.8 Å². The van der Waals surface area contributed by atoms with Crippen molar-refractivity contribution in [3.8, 4) is 0 Å². The van der Waals surface area contributed by atoms with Gasteiger partial charge in [-0.15, -0.1) is 0 Å². The Hall–Kier alpha value is -0.370. The van der Waals surface area contributed by atoms with Crippen LogP contribution in [0, 0.1) is 0 Å². The highest BCUT2D eigenvalue weighted by Gasteiger charge is 2.03. The molecular weight excluding hydrogens is 126 g/mol. The lowest BCUT2D eigenvalue weighted by Crippen LogP contribution is -2.09. The first-order chi connectivity index (χ1) is 4.56. The lowest BCUT2D eigenvalue weighted by atomic mass is 10.1. The Bertz CT molecular complexity index is 102. The van der Waals surface area contributed by atoms with Crippen molar-refractivity contribution < 1.29 is 5.11 Å². The molecule has 0 fully saturated rings. The second-order valence-electron chi connectivity index (χ2n) is 3.35. The maximum atomic E-state index is 8.43. The van der Waals surface area contributed by atoms with E-state index in [0.29, 0.717) is 0 Å². The Morgan fingerprint density at radius 2 is 2.00 bits per heavy atom. The Labute approximate surface area is 63.0 Å². The van der Waals surface area contributed by atoms with Crippen molar-refractivity contribution in [3.05, 3.63) is 0 Å². The molecule has 0 unspecified atom stereocenters. The van der Waals surface area contributed by atoms with Crippen LogP contribution in [0.1, 0.15) is 33.6 Å². The van der Waals surface area contributed by atoms with E-state index in [9.17, 15) is 0 Å². The number of aliphatic hydroxyl groups is 1. The van der Waals surface area contributed by atoms with Gasteiger partial charge in [0.25, 0.3) is 0 Å². The van der Waals surface area contributed by atoms with E-state index in [0.717, 1.165) is 12.8 Å². The van der Waals surface area contributed by atoms with Gasteiger partial charge in [-0.25, -0.2) is 0 Å². The Kier molecular flexibility index (Phi) is 4.28. The first-order valence-electron chi connectivity index (χ1n) is 3.71. The molecule has 0 aromatic heterocycles. The average Bonchev–Trinajstić information content (AvgIpc) is 1.78. The van der Waals surface area contributed by atoms with E-state index in [-0.39, 0.29) is 12.1 Å². The Morgan fingerprint density at radius 1 is 1.40 bits per heavy atom. The van der Waals surface area contributed by atoms with Gasteiger partial charge in [0.1, 0.15) is 0 Å². The van der Waals surface area contributed by atoms with E-state index < -0.39 is 0 Å². The molecule has 10 heavy (non-hydrogen) atoms. The largest absolute Gasteiger partial charge is 0.396 e. The van der Waals surface area contributed by atoms with Crippen molar-refractivity contribution in [2.24, 2.45) is 4.99 Å². The van der Waals surface area contributed by atoms with Gasteiger partial charge >= 0.3 is 0 Å². The molecule has 0 radical (unpaired) electrons. The average molecular weight is 143 g/mol. The van der Waals surface area contributed by atoms with Gasteiger partial charge in [0.05, 0.1) is 5.54 Å². The summed E-state index contributed by atoms with van der Waals surface area (Å²) in [6.45, 7) is 6.43. The van der Waals surface area contributed by atoms with E-state index >= 15 is 0 Å². The van der Waals surface area contributed by atoms with Gasteiger partial charge in [-0.3, -0.25) is 4.99 Å². The molecule has 0 aromatic rings. The van der Waals surface area contributed by atoms with E-state index in [4.69, 9.17) is 5.11 Å². The summed E-state index contributed by atoms with van der Waals surface area (Å²) in [4.78, 5) is 4.26. The van der Waals surface area contributed by atoms with Crippen LogP contribution in [0.4, 0.5) is 0 Å². The van der Waals surface area contributed by atoms with Crippen LogP contribution in [0.15, 0.2) is 4.99 Å². The fraction of sp³-hybridized carbons (Fsp3) is 0.875. The second kappa shape index (κ2) is 4.45. The third kappa shape index (κ3) is 7.63. The van der Waals surface area contributed by atoms with Gasteiger partial charge in [-0.1, -0.05) is 0 Å². The predicted octanol–water partition coefficient (Wildman–Crippen LogP) is 1.63. The maximum Gasteiger partial charge on any atom is 0.0520 e. The van der Waals surface area contributed by atoms with Gasteiger partial charge < -0.3 is 5.11 Å². The van der Waals surface area contributed by atoms with Gasteiger partial charge in [-0.05, 0) is 39.8 Å². The molecule has 0 saturated carbocycles. The molecular formula is C8H17NO. The number of nitrogens with zero attached hydrogens (tertiary/aromatic N) is 1. The topological polar surface area (TPSA) is 32.6 Å². The zero-order valence-corrected chi connectivity index (χ0v) is 7.09. The standard InChI is InChI=1S/C8H17NO/c1-8(2,3)9-6-4-5-7-10/h6,10H,4-5,7H2,1-3H3. The zero-order valence-electron chi connectivity index (χ0n) is 7.09. The number of hydrogen-bond acceptors (Lipinski definition) is 2. The van der Waals surface area contributed by atoms with Gasteiger partial charge in [0.15, 0.2) is 0 Å². The van der Waals surface area contributed by atoms with Crippen LogP contribution >= 0.6 is 0 Å². The molecule has 2 heteroatoms. The minimum Gasteiger partial charge on any atom is -0.396 e. The molecule has 0 bridgehead atoms. The summed E-state index contributed by atoms with van der Waals surface area (Å²) in [6.07, 6.45) is 3.59. The minimum atomic E-state index is 0.0372. The van der Waals surface area contributed by atoms with Crippen LogP contribution in [0.2, 0.25) is 0 Å². The molecule has 0 aliphatic rings. The fourth-order valence-corrected chi connectivity index (χ4v) is 0.521. The highest BCUT2D eigenvalue weighted by Crippen LogP contribution is 2.04. The summed E-state index contributed by atoms with van der Waals surface area (Å²) in [5, 5.41) is 8.43. The van der Waals surface area contributed by atoms with Crippen LogP contribution < -0.4 is 0 Å². The first kappa shape index (κ1) is 9.63. The van der Waals surface area contributed by atoms with Crippen molar-refractivity contribution in [2.75, 3.05) is 6.61 Å². The summed E-state index contributed by atoms with van der Waals surface area (Å²) < 4.78 is 0. The zero-order chi connectivity index (χ0) is 8.04. The van der Waals surface area contributed by atoms with Crippen molar-refractivity contribution in [3.63, 3.8) is 0 Å². The molecule has 0 aliphatic carbocycles. The highest BCUT2D eigenvalue weighted by atomic mass is 16.2. The number of rotatable bonds is 3. The summed E-state index contributed by atoms with van der Waals surface area (Å²) in [5.74, 6) is 0. The normalized spacial score (nSPS) is 12.8. The summed E-state index contributed by atoms with van der Waals surface area (Å²) in [6, 6.07) is 0. The van der Waals surface area contributed by atoms with E-state index in [1.807, 2.05) is 6.21 Å². The van der Waals surface area contributed by atoms with Gasteiger partial charge in [0, 0.05) is 6.61 Å². The SMILES string of the molecule is CC(C)(C)N=CCCCO.